The van der Waals surface area contributed by atoms with E-state index in [1.165, 1.54) is 0 Å². The van der Waals surface area contributed by atoms with Crippen LogP contribution in [0.2, 0.25) is 0 Å². The summed E-state index contributed by atoms with van der Waals surface area (Å²) in [6.07, 6.45) is 1.35. The molecular weight excluding hydrogens is 256 g/mol. The maximum Gasteiger partial charge on any atom is 0.148 e. The van der Waals surface area contributed by atoms with Gasteiger partial charge < -0.3 is 0 Å². The van der Waals surface area contributed by atoms with Crippen LogP contribution in [0.4, 0.5) is 0 Å². The first-order valence-corrected chi connectivity index (χ1v) is 7.09. The predicted molar refractivity (Wildman–Crippen MR) is 75.9 cm³/mol. The van der Waals surface area contributed by atoms with Gasteiger partial charge in [0.05, 0.1) is 26.2 Å². The minimum atomic E-state index is 0.322. The highest BCUT2D eigenvalue weighted by molar-refractivity contribution is 5.82. The van der Waals surface area contributed by atoms with Crippen LogP contribution in [-0.2, 0) is 9.59 Å². The summed E-state index contributed by atoms with van der Waals surface area (Å²) in [5.74, 6) is 6.71. The molecule has 2 N–H and O–H groups in total. The Labute approximate surface area is 119 Å². The number of likely N-dealkylation sites (tertiary alicyclic amines) is 2. The molecule has 0 radical (unpaired) electrons. The SMILES string of the molecule is O=C1CCN(CNCC#CCNCN2CCC(=O)C2)C1. The lowest BCUT2D eigenvalue weighted by Gasteiger charge is -2.13. The van der Waals surface area contributed by atoms with Crippen LogP contribution in [-0.4, -0.2) is 74.0 Å². The molecule has 0 aromatic rings. The van der Waals surface area contributed by atoms with Gasteiger partial charge in [-0.3, -0.25) is 30.0 Å². The number of nitrogens with one attached hydrogen (secondary N) is 2. The van der Waals surface area contributed by atoms with Crippen LogP contribution < -0.4 is 10.6 Å². The van der Waals surface area contributed by atoms with Gasteiger partial charge in [-0.05, 0) is 0 Å². The van der Waals surface area contributed by atoms with Crippen molar-refractivity contribution in [1.29, 1.82) is 0 Å². The average molecular weight is 278 g/mol. The van der Waals surface area contributed by atoms with Gasteiger partial charge in [0, 0.05) is 39.3 Å². The molecule has 0 spiro atoms. The van der Waals surface area contributed by atoms with Crippen molar-refractivity contribution in [2.45, 2.75) is 12.8 Å². The molecule has 2 rings (SSSR count). The van der Waals surface area contributed by atoms with E-state index in [1.54, 1.807) is 0 Å². The van der Waals surface area contributed by atoms with Gasteiger partial charge in [0.2, 0.25) is 0 Å². The summed E-state index contributed by atoms with van der Waals surface area (Å²) in [6, 6.07) is 0. The fourth-order valence-corrected chi connectivity index (χ4v) is 2.33. The third kappa shape index (κ3) is 5.39. The summed E-state index contributed by atoms with van der Waals surface area (Å²) in [4.78, 5) is 26.3. The molecule has 0 aromatic carbocycles. The van der Waals surface area contributed by atoms with Gasteiger partial charge in [-0.25, -0.2) is 0 Å². The van der Waals surface area contributed by atoms with Gasteiger partial charge >= 0.3 is 0 Å². The molecule has 0 aromatic heterocycles. The number of carbonyl (C=O) groups is 2. The third-order valence-electron chi connectivity index (χ3n) is 3.44. The van der Waals surface area contributed by atoms with Crippen molar-refractivity contribution in [3.63, 3.8) is 0 Å². The molecule has 6 nitrogen and oxygen atoms in total. The molecule has 0 aliphatic carbocycles. The lowest BCUT2D eigenvalue weighted by molar-refractivity contribution is -0.117. The van der Waals surface area contributed by atoms with E-state index in [9.17, 15) is 9.59 Å². The Morgan fingerprint density at radius 1 is 0.850 bits per heavy atom. The minimum Gasteiger partial charge on any atom is -0.298 e. The predicted octanol–water partition coefficient (Wildman–Crippen LogP) is -1.37. The average Bonchev–Trinajstić information content (AvgIpc) is 3.02. The zero-order valence-electron chi connectivity index (χ0n) is 11.8. The smallest absolute Gasteiger partial charge is 0.148 e. The van der Waals surface area contributed by atoms with E-state index in [4.69, 9.17) is 0 Å². The second-order valence-corrected chi connectivity index (χ2v) is 5.21. The van der Waals surface area contributed by atoms with E-state index in [0.717, 1.165) is 26.4 Å². The Morgan fingerprint density at radius 3 is 1.65 bits per heavy atom. The Kier molecular flexibility index (Phi) is 6.15. The molecule has 2 heterocycles. The van der Waals surface area contributed by atoms with Crippen molar-refractivity contribution in [3.8, 4) is 11.8 Å². The van der Waals surface area contributed by atoms with Gasteiger partial charge in [0.25, 0.3) is 0 Å². The second-order valence-electron chi connectivity index (χ2n) is 5.21. The van der Waals surface area contributed by atoms with Gasteiger partial charge in [0.15, 0.2) is 0 Å². The summed E-state index contributed by atoms with van der Waals surface area (Å²) >= 11 is 0. The Hall–Kier alpha value is -1.26. The van der Waals surface area contributed by atoms with E-state index >= 15 is 0 Å². The van der Waals surface area contributed by atoms with Crippen molar-refractivity contribution in [2.75, 3.05) is 52.6 Å². The fraction of sp³-hybridized carbons (Fsp3) is 0.714. The Bertz CT molecular complexity index is 377. The highest BCUT2D eigenvalue weighted by Crippen LogP contribution is 2.01. The molecule has 0 amide bonds. The third-order valence-corrected chi connectivity index (χ3v) is 3.44. The van der Waals surface area contributed by atoms with Gasteiger partial charge in [0.1, 0.15) is 11.6 Å². The summed E-state index contributed by atoms with van der Waals surface area (Å²) in [5, 5.41) is 6.41. The van der Waals surface area contributed by atoms with Crippen molar-refractivity contribution in [3.05, 3.63) is 0 Å². The van der Waals surface area contributed by atoms with Crippen LogP contribution >= 0.6 is 0 Å². The minimum absolute atomic E-state index is 0.322. The van der Waals surface area contributed by atoms with Gasteiger partial charge in [-0.2, -0.15) is 0 Å². The first-order valence-electron chi connectivity index (χ1n) is 7.09. The molecule has 6 heteroatoms. The normalized spacial score (nSPS) is 20.4. The molecule has 110 valence electrons. The van der Waals surface area contributed by atoms with Crippen LogP contribution in [0.3, 0.4) is 0 Å². The van der Waals surface area contributed by atoms with Crippen LogP contribution in [0.5, 0.6) is 0 Å². The monoisotopic (exact) mass is 278 g/mol. The maximum absolute atomic E-state index is 11.1. The summed E-state index contributed by atoms with van der Waals surface area (Å²) in [6.45, 7) is 5.56. The van der Waals surface area contributed by atoms with Crippen molar-refractivity contribution in [2.24, 2.45) is 0 Å². The molecule has 0 bridgehead atoms. The number of hydrogen-bond acceptors (Lipinski definition) is 6. The van der Waals surface area contributed by atoms with Crippen molar-refractivity contribution < 1.29 is 9.59 Å². The van der Waals surface area contributed by atoms with Crippen LogP contribution in [0, 0.1) is 11.8 Å². The van der Waals surface area contributed by atoms with Crippen LogP contribution in [0.25, 0.3) is 0 Å². The lowest BCUT2D eigenvalue weighted by atomic mass is 10.4. The van der Waals surface area contributed by atoms with E-state index in [-0.39, 0.29) is 0 Å². The van der Waals surface area contributed by atoms with E-state index in [0.29, 0.717) is 50.6 Å². The molecule has 0 atom stereocenters. The first-order chi connectivity index (χ1) is 9.74. The first kappa shape index (κ1) is 15.1. The molecule has 20 heavy (non-hydrogen) atoms. The number of carbonyl (C=O) groups excluding carboxylic acids is 2. The standard InChI is InChI=1S/C14H22N4O2/c19-13-3-7-17(9-13)11-15-5-1-2-6-16-12-18-8-4-14(20)10-18/h15-16H,3-12H2. The summed E-state index contributed by atoms with van der Waals surface area (Å²) in [5.41, 5.74) is 0. The molecule has 0 saturated carbocycles. The Balaban J connectivity index is 1.44. The fourth-order valence-electron chi connectivity index (χ4n) is 2.33. The van der Waals surface area contributed by atoms with Crippen LogP contribution in [0.1, 0.15) is 12.8 Å². The summed E-state index contributed by atoms with van der Waals surface area (Å²) in [7, 11) is 0. The highest BCUT2D eigenvalue weighted by atomic mass is 16.1. The van der Waals surface area contributed by atoms with E-state index in [2.05, 4.69) is 32.3 Å². The Morgan fingerprint density at radius 2 is 1.30 bits per heavy atom. The van der Waals surface area contributed by atoms with E-state index in [1.807, 2.05) is 0 Å². The molecule has 2 aliphatic rings. The van der Waals surface area contributed by atoms with Crippen molar-refractivity contribution in [1.82, 2.24) is 20.4 Å². The zero-order valence-corrected chi connectivity index (χ0v) is 11.8. The topological polar surface area (TPSA) is 64.7 Å². The number of ketones is 2. The zero-order chi connectivity index (χ0) is 14.2. The number of nitrogens with zero attached hydrogens (tertiary/aromatic N) is 2. The summed E-state index contributed by atoms with van der Waals surface area (Å²) < 4.78 is 0. The van der Waals surface area contributed by atoms with Gasteiger partial charge in [-0.15, -0.1) is 0 Å². The number of Topliss-reactive ketones (excluding diaryl/α,β-unsaturated/α-hetero) is 2. The molecule has 0 unspecified atom stereocenters. The second kappa shape index (κ2) is 8.12. The molecule has 2 aliphatic heterocycles. The van der Waals surface area contributed by atoms with Crippen LogP contribution in [0.15, 0.2) is 0 Å². The largest absolute Gasteiger partial charge is 0.298 e. The molecular formula is C14H22N4O2. The van der Waals surface area contributed by atoms with Crippen molar-refractivity contribution >= 4 is 11.6 Å². The number of hydrogen-bond donors (Lipinski definition) is 2. The lowest BCUT2D eigenvalue weighted by Crippen LogP contribution is -2.33. The highest BCUT2D eigenvalue weighted by Gasteiger charge is 2.18. The van der Waals surface area contributed by atoms with E-state index < -0.39 is 0 Å². The quantitative estimate of drug-likeness (QED) is 0.462. The molecule has 2 saturated heterocycles. The maximum atomic E-state index is 11.1. The van der Waals surface area contributed by atoms with Gasteiger partial charge in [-0.1, -0.05) is 11.8 Å². The number of rotatable bonds is 6. The molecule has 2 fully saturated rings.